The molecule has 0 bridgehead atoms. The van der Waals surface area contributed by atoms with Gasteiger partial charge in [0.2, 0.25) is 5.28 Å². The molecule has 1 aliphatic heterocycles. The van der Waals surface area contributed by atoms with Crippen molar-refractivity contribution in [1.82, 2.24) is 19.7 Å². The van der Waals surface area contributed by atoms with Crippen LogP contribution in [0.2, 0.25) is 5.28 Å². The van der Waals surface area contributed by atoms with Crippen LogP contribution < -0.4 is 0 Å². The van der Waals surface area contributed by atoms with Crippen molar-refractivity contribution < 1.29 is 17.9 Å². The van der Waals surface area contributed by atoms with Gasteiger partial charge in [-0.3, -0.25) is 4.68 Å². The van der Waals surface area contributed by atoms with Crippen molar-refractivity contribution in [2.24, 2.45) is 0 Å². The first-order valence-corrected chi connectivity index (χ1v) is 7.05. The highest BCUT2D eigenvalue weighted by atomic mass is 35.5. The molecule has 1 fully saturated rings. The maximum atomic E-state index is 13.1. The molecule has 0 atom stereocenters. The van der Waals surface area contributed by atoms with Crippen molar-refractivity contribution in [1.29, 1.82) is 0 Å². The monoisotopic (exact) mass is 332 g/mol. The zero-order chi connectivity index (χ0) is 15.7. The Kier molecular flexibility index (Phi) is 4.05. The number of ether oxygens (including phenoxy) is 1. The van der Waals surface area contributed by atoms with Gasteiger partial charge in [0.25, 0.3) is 0 Å². The number of nitrogens with zero attached hydrogens (tertiary/aromatic N) is 4. The molecule has 2 aromatic rings. The predicted molar refractivity (Wildman–Crippen MR) is 72.4 cm³/mol. The van der Waals surface area contributed by atoms with Gasteiger partial charge >= 0.3 is 6.18 Å². The van der Waals surface area contributed by atoms with Crippen molar-refractivity contribution >= 4 is 11.6 Å². The fourth-order valence-corrected chi connectivity index (χ4v) is 2.53. The Hall–Kier alpha value is -1.67. The van der Waals surface area contributed by atoms with Gasteiger partial charge in [0.1, 0.15) is 5.56 Å². The molecule has 3 heterocycles. The lowest BCUT2D eigenvalue weighted by Crippen LogP contribution is -2.19. The molecule has 1 saturated heterocycles. The van der Waals surface area contributed by atoms with E-state index >= 15 is 0 Å². The summed E-state index contributed by atoms with van der Waals surface area (Å²) in [4.78, 5) is 7.14. The maximum absolute atomic E-state index is 13.1. The van der Waals surface area contributed by atoms with Crippen molar-refractivity contribution in [3.63, 3.8) is 0 Å². The van der Waals surface area contributed by atoms with Gasteiger partial charge < -0.3 is 4.74 Å². The topological polar surface area (TPSA) is 52.8 Å². The summed E-state index contributed by atoms with van der Waals surface area (Å²) in [5.41, 5.74) is -0.919. The zero-order valence-electron chi connectivity index (χ0n) is 11.3. The molecule has 22 heavy (non-hydrogen) atoms. The fraction of sp³-hybridized carbons (Fsp3) is 0.462. The third-order valence-corrected chi connectivity index (χ3v) is 3.69. The van der Waals surface area contributed by atoms with E-state index in [1.807, 2.05) is 0 Å². The van der Waals surface area contributed by atoms with E-state index in [-0.39, 0.29) is 22.6 Å². The van der Waals surface area contributed by atoms with Crippen LogP contribution in [0.5, 0.6) is 0 Å². The van der Waals surface area contributed by atoms with Gasteiger partial charge in [-0.2, -0.15) is 18.3 Å². The Morgan fingerprint density at radius 1 is 1.23 bits per heavy atom. The second kappa shape index (κ2) is 5.85. The van der Waals surface area contributed by atoms with Crippen LogP contribution in [0.4, 0.5) is 13.2 Å². The van der Waals surface area contributed by atoms with Crippen molar-refractivity contribution in [3.8, 4) is 11.3 Å². The van der Waals surface area contributed by atoms with Crippen molar-refractivity contribution in [2.45, 2.75) is 25.1 Å². The summed E-state index contributed by atoms with van der Waals surface area (Å²) in [5, 5.41) is 3.92. The van der Waals surface area contributed by atoms with Gasteiger partial charge in [-0.25, -0.2) is 9.97 Å². The number of hydrogen-bond acceptors (Lipinski definition) is 4. The number of hydrogen-bond donors (Lipinski definition) is 0. The first kappa shape index (κ1) is 15.2. The van der Waals surface area contributed by atoms with Gasteiger partial charge in [-0.05, 0) is 24.4 Å². The SMILES string of the molecule is FC(F)(F)c1cnc(Cl)nc1-c1cnn(C2CCOCC2)c1. The van der Waals surface area contributed by atoms with Gasteiger partial charge in [-0.1, -0.05) is 0 Å². The molecule has 5 nitrogen and oxygen atoms in total. The van der Waals surface area contributed by atoms with Crippen LogP contribution in [0.15, 0.2) is 18.6 Å². The largest absolute Gasteiger partial charge is 0.419 e. The summed E-state index contributed by atoms with van der Waals surface area (Å²) in [5.74, 6) is 0. The van der Waals surface area contributed by atoms with E-state index in [1.54, 1.807) is 10.9 Å². The van der Waals surface area contributed by atoms with Crippen LogP contribution in [-0.4, -0.2) is 33.0 Å². The maximum Gasteiger partial charge on any atom is 0.419 e. The van der Waals surface area contributed by atoms with E-state index in [0.717, 1.165) is 12.8 Å². The van der Waals surface area contributed by atoms with E-state index in [9.17, 15) is 13.2 Å². The Morgan fingerprint density at radius 2 is 1.95 bits per heavy atom. The zero-order valence-corrected chi connectivity index (χ0v) is 12.1. The smallest absolute Gasteiger partial charge is 0.381 e. The van der Waals surface area contributed by atoms with Gasteiger partial charge in [0.15, 0.2) is 0 Å². The predicted octanol–water partition coefficient (Wildman–Crippen LogP) is 3.36. The highest BCUT2D eigenvalue weighted by Gasteiger charge is 2.35. The molecule has 0 unspecified atom stereocenters. The average Bonchev–Trinajstić information content (AvgIpc) is 2.96. The number of halogens is 4. The molecule has 0 aliphatic carbocycles. The van der Waals surface area contributed by atoms with Crippen LogP contribution in [0.3, 0.4) is 0 Å². The fourth-order valence-electron chi connectivity index (χ4n) is 2.40. The third-order valence-electron chi connectivity index (χ3n) is 3.50. The van der Waals surface area contributed by atoms with Crippen LogP contribution >= 0.6 is 11.6 Å². The van der Waals surface area contributed by atoms with E-state index in [1.165, 1.54) is 6.20 Å². The van der Waals surface area contributed by atoms with E-state index in [0.29, 0.717) is 19.4 Å². The summed E-state index contributed by atoms with van der Waals surface area (Å²) in [6, 6.07) is 0.120. The molecule has 0 radical (unpaired) electrons. The summed E-state index contributed by atoms with van der Waals surface area (Å²) in [6.07, 6.45) is 0.611. The molecular formula is C13H12ClF3N4O. The minimum atomic E-state index is -4.55. The van der Waals surface area contributed by atoms with Crippen LogP contribution in [0.1, 0.15) is 24.4 Å². The summed E-state index contributed by atoms with van der Waals surface area (Å²) in [7, 11) is 0. The van der Waals surface area contributed by atoms with E-state index in [2.05, 4.69) is 15.1 Å². The van der Waals surface area contributed by atoms with Crippen molar-refractivity contribution in [2.75, 3.05) is 13.2 Å². The molecule has 0 amide bonds. The number of rotatable bonds is 2. The summed E-state index contributed by atoms with van der Waals surface area (Å²) < 4.78 is 46.1. The second-order valence-corrected chi connectivity index (χ2v) is 5.29. The van der Waals surface area contributed by atoms with Gasteiger partial charge in [0.05, 0.1) is 17.9 Å². The summed E-state index contributed by atoms with van der Waals surface area (Å²) >= 11 is 5.64. The normalized spacial score (nSPS) is 16.9. The minimum absolute atomic E-state index is 0.120. The lowest BCUT2D eigenvalue weighted by molar-refractivity contribution is -0.137. The lowest BCUT2D eigenvalue weighted by atomic mass is 10.1. The standard InChI is InChI=1S/C13H12ClF3N4O/c14-12-18-6-10(13(15,16)17)11(20-12)8-5-19-21(7-8)9-1-3-22-4-2-9/h5-7,9H,1-4H2. The van der Waals surface area contributed by atoms with E-state index in [4.69, 9.17) is 16.3 Å². The van der Waals surface area contributed by atoms with Gasteiger partial charge in [0, 0.05) is 31.2 Å². The Labute approximate surface area is 129 Å². The molecule has 0 spiro atoms. The molecule has 2 aromatic heterocycles. The average molecular weight is 333 g/mol. The molecule has 1 aliphatic rings. The van der Waals surface area contributed by atoms with Gasteiger partial charge in [-0.15, -0.1) is 0 Å². The van der Waals surface area contributed by atoms with E-state index < -0.39 is 11.7 Å². The number of alkyl halides is 3. The quantitative estimate of drug-likeness (QED) is 0.791. The second-order valence-electron chi connectivity index (χ2n) is 4.95. The number of aromatic nitrogens is 4. The van der Waals surface area contributed by atoms with Crippen LogP contribution in [0, 0.1) is 0 Å². The highest BCUT2D eigenvalue weighted by molar-refractivity contribution is 6.28. The van der Waals surface area contributed by atoms with Crippen molar-refractivity contribution in [3.05, 3.63) is 29.4 Å². The highest BCUT2D eigenvalue weighted by Crippen LogP contribution is 2.36. The van der Waals surface area contributed by atoms with Crippen LogP contribution in [-0.2, 0) is 10.9 Å². The molecule has 9 heteroatoms. The first-order chi connectivity index (χ1) is 10.4. The van der Waals surface area contributed by atoms with Crippen LogP contribution in [0.25, 0.3) is 11.3 Å². The lowest BCUT2D eigenvalue weighted by Gasteiger charge is -2.22. The third kappa shape index (κ3) is 3.07. The molecule has 3 rings (SSSR count). The summed E-state index contributed by atoms with van der Waals surface area (Å²) in [6.45, 7) is 1.24. The minimum Gasteiger partial charge on any atom is -0.381 e. The molecule has 0 N–H and O–H groups in total. The molecule has 118 valence electrons. The molecular weight excluding hydrogens is 321 g/mol. The molecule has 0 saturated carbocycles. The Morgan fingerprint density at radius 3 is 2.64 bits per heavy atom. The Balaban J connectivity index is 1.97. The molecule has 0 aromatic carbocycles. The first-order valence-electron chi connectivity index (χ1n) is 6.67. The Bertz CT molecular complexity index is 668.